The van der Waals surface area contributed by atoms with E-state index in [2.05, 4.69) is 15.6 Å². The van der Waals surface area contributed by atoms with Crippen LogP contribution in [0.25, 0.3) is 0 Å². The summed E-state index contributed by atoms with van der Waals surface area (Å²) in [5.74, 6) is 0.800. The second-order valence-electron chi connectivity index (χ2n) is 5.69. The minimum atomic E-state index is 0.0494. The summed E-state index contributed by atoms with van der Waals surface area (Å²) in [5, 5.41) is 7.30. The van der Waals surface area contributed by atoms with Gasteiger partial charge in [0.05, 0.1) is 6.54 Å². The van der Waals surface area contributed by atoms with Gasteiger partial charge in [-0.25, -0.2) is 4.99 Å². The van der Waals surface area contributed by atoms with Crippen molar-refractivity contribution in [1.82, 2.24) is 15.2 Å². The number of aryl methyl sites for hydroxylation is 1. The molecule has 0 aliphatic carbocycles. The minimum Gasteiger partial charge on any atom is -0.357 e. The zero-order valence-electron chi connectivity index (χ0n) is 14.5. The van der Waals surface area contributed by atoms with Crippen molar-refractivity contribution in [2.24, 2.45) is 4.99 Å². The average Bonchev–Trinajstić information content (AvgIpc) is 2.62. The third-order valence-corrected chi connectivity index (χ3v) is 3.95. The molecule has 0 aliphatic heterocycles. The monoisotopic (exact) mass is 360 g/mol. The molecule has 25 heavy (non-hydrogen) atoms. The molecule has 1 aromatic heterocycles. The summed E-state index contributed by atoms with van der Waals surface area (Å²) in [4.78, 5) is 16.2. The quantitative estimate of drug-likeness (QED) is 0.432. The Morgan fingerprint density at radius 3 is 2.64 bits per heavy atom. The van der Waals surface area contributed by atoms with Crippen LogP contribution in [0.3, 0.4) is 0 Å². The van der Waals surface area contributed by atoms with Gasteiger partial charge in [-0.2, -0.15) is 0 Å². The van der Waals surface area contributed by atoms with E-state index in [-0.39, 0.29) is 5.56 Å². The molecular weight excluding hydrogens is 336 g/mol. The van der Waals surface area contributed by atoms with Crippen LogP contribution < -0.4 is 16.2 Å². The largest absolute Gasteiger partial charge is 0.357 e. The SMILES string of the molecule is CCNC(=NCc1ccc(Cl)cc1)NCCCCn1ccccc1=O. The molecule has 2 N–H and O–H groups in total. The molecule has 6 heteroatoms. The third-order valence-electron chi connectivity index (χ3n) is 3.69. The topological polar surface area (TPSA) is 58.4 Å². The van der Waals surface area contributed by atoms with Crippen LogP contribution in [0.4, 0.5) is 0 Å². The Bertz CT molecular complexity index is 725. The van der Waals surface area contributed by atoms with E-state index in [1.165, 1.54) is 0 Å². The summed E-state index contributed by atoms with van der Waals surface area (Å²) in [6.45, 7) is 5.01. The number of unbranched alkanes of at least 4 members (excludes halogenated alkanes) is 1. The lowest BCUT2D eigenvalue weighted by molar-refractivity contribution is 0.585. The predicted molar refractivity (Wildman–Crippen MR) is 104 cm³/mol. The molecule has 0 fully saturated rings. The van der Waals surface area contributed by atoms with Gasteiger partial charge in [0.2, 0.25) is 5.56 Å². The molecule has 5 nitrogen and oxygen atoms in total. The fourth-order valence-corrected chi connectivity index (χ4v) is 2.49. The molecule has 0 aliphatic rings. The Morgan fingerprint density at radius 1 is 1.12 bits per heavy atom. The van der Waals surface area contributed by atoms with Crippen molar-refractivity contribution in [3.63, 3.8) is 0 Å². The summed E-state index contributed by atoms with van der Waals surface area (Å²) >= 11 is 5.89. The maximum atomic E-state index is 11.6. The van der Waals surface area contributed by atoms with E-state index < -0.39 is 0 Å². The Balaban J connectivity index is 1.75. The van der Waals surface area contributed by atoms with Crippen LogP contribution in [0, 0.1) is 0 Å². The van der Waals surface area contributed by atoms with Crippen molar-refractivity contribution >= 4 is 17.6 Å². The molecule has 0 radical (unpaired) electrons. The van der Waals surface area contributed by atoms with Crippen LogP contribution in [-0.4, -0.2) is 23.6 Å². The fraction of sp³-hybridized carbons (Fsp3) is 0.368. The van der Waals surface area contributed by atoms with Gasteiger partial charge in [0.15, 0.2) is 5.96 Å². The number of benzene rings is 1. The van der Waals surface area contributed by atoms with Gasteiger partial charge in [0.1, 0.15) is 0 Å². The first kappa shape index (κ1) is 19.1. The van der Waals surface area contributed by atoms with Crippen LogP contribution in [0.15, 0.2) is 58.4 Å². The second kappa shape index (κ2) is 10.6. The number of guanidine groups is 1. The summed E-state index contributed by atoms with van der Waals surface area (Å²) in [5.41, 5.74) is 1.17. The number of pyridine rings is 1. The van der Waals surface area contributed by atoms with Gasteiger partial charge in [-0.3, -0.25) is 4.79 Å². The summed E-state index contributed by atoms with van der Waals surface area (Å²) in [6, 6.07) is 12.9. The number of hydrogen-bond acceptors (Lipinski definition) is 2. The Morgan fingerprint density at radius 2 is 1.92 bits per heavy atom. The van der Waals surface area contributed by atoms with E-state index in [1.807, 2.05) is 43.5 Å². The van der Waals surface area contributed by atoms with Crippen molar-refractivity contribution in [1.29, 1.82) is 0 Å². The standard InChI is InChI=1S/C19H25ClN4O/c1-2-21-19(23-15-16-8-10-17(20)11-9-16)22-12-4-6-14-24-13-5-3-7-18(24)25/h3,5,7-11,13H,2,4,6,12,14-15H2,1H3,(H2,21,22,23). The van der Waals surface area contributed by atoms with E-state index in [4.69, 9.17) is 11.6 Å². The number of aromatic nitrogens is 1. The lowest BCUT2D eigenvalue weighted by atomic mass is 10.2. The highest BCUT2D eigenvalue weighted by molar-refractivity contribution is 6.30. The highest BCUT2D eigenvalue weighted by Gasteiger charge is 1.99. The van der Waals surface area contributed by atoms with Gasteiger partial charge < -0.3 is 15.2 Å². The molecular formula is C19H25ClN4O. The number of hydrogen-bond donors (Lipinski definition) is 2. The molecule has 2 aromatic rings. The van der Waals surface area contributed by atoms with Crippen LogP contribution in [-0.2, 0) is 13.1 Å². The molecule has 0 amide bonds. The number of nitrogens with zero attached hydrogens (tertiary/aromatic N) is 2. The smallest absolute Gasteiger partial charge is 0.250 e. The van der Waals surface area contributed by atoms with Crippen LogP contribution in [0.5, 0.6) is 0 Å². The summed E-state index contributed by atoms with van der Waals surface area (Å²) < 4.78 is 1.74. The molecule has 2 rings (SSSR count). The zero-order valence-corrected chi connectivity index (χ0v) is 15.3. The Labute approximate surface area is 153 Å². The van der Waals surface area contributed by atoms with Gasteiger partial charge in [-0.1, -0.05) is 29.8 Å². The van der Waals surface area contributed by atoms with E-state index >= 15 is 0 Å². The van der Waals surface area contributed by atoms with Gasteiger partial charge >= 0.3 is 0 Å². The molecule has 1 aromatic carbocycles. The second-order valence-corrected chi connectivity index (χ2v) is 6.12. The predicted octanol–water partition coefficient (Wildman–Crippen LogP) is 3.04. The summed E-state index contributed by atoms with van der Waals surface area (Å²) in [7, 11) is 0. The third kappa shape index (κ3) is 7.01. The number of aliphatic imine (C=N–C) groups is 1. The zero-order chi connectivity index (χ0) is 17.9. The normalized spacial score (nSPS) is 11.4. The Kier molecular flexibility index (Phi) is 8.05. The molecule has 134 valence electrons. The van der Waals surface area contributed by atoms with Crippen molar-refractivity contribution in [2.45, 2.75) is 32.9 Å². The van der Waals surface area contributed by atoms with Gasteiger partial charge in [-0.15, -0.1) is 0 Å². The average molecular weight is 361 g/mol. The molecule has 0 saturated heterocycles. The highest BCUT2D eigenvalue weighted by atomic mass is 35.5. The fourth-order valence-electron chi connectivity index (χ4n) is 2.36. The van der Waals surface area contributed by atoms with Crippen molar-refractivity contribution in [3.05, 3.63) is 69.6 Å². The van der Waals surface area contributed by atoms with Gasteiger partial charge in [0.25, 0.3) is 0 Å². The van der Waals surface area contributed by atoms with Crippen molar-refractivity contribution in [2.75, 3.05) is 13.1 Å². The summed E-state index contributed by atoms with van der Waals surface area (Å²) in [6.07, 6.45) is 3.73. The first-order chi connectivity index (χ1) is 12.2. The van der Waals surface area contributed by atoms with E-state index in [0.29, 0.717) is 6.54 Å². The Hall–Kier alpha value is -2.27. The lowest BCUT2D eigenvalue weighted by Gasteiger charge is -2.11. The first-order valence-electron chi connectivity index (χ1n) is 8.61. The number of nitrogens with one attached hydrogen (secondary N) is 2. The van der Waals surface area contributed by atoms with Crippen LogP contribution >= 0.6 is 11.6 Å². The van der Waals surface area contributed by atoms with Gasteiger partial charge in [0, 0.05) is 36.9 Å². The van der Waals surface area contributed by atoms with Crippen molar-refractivity contribution < 1.29 is 0 Å². The maximum absolute atomic E-state index is 11.6. The molecule has 0 spiro atoms. The van der Waals surface area contributed by atoms with E-state index in [9.17, 15) is 4.79 Å². The van der Waals surface area contributed by atoms with Crippen LogP contribution in [0.1, 0.15) is 25.3 Å². The number of rotatable bonds is 8. The minimum absolute atomic E-state index is 0.0494. The molecule has 1 heterocycles. The number of halogens is 1. The van der Waals surface area contributed by atoms with Crippen molar-refractivity contribution in [3.8, 4) is 0 Å². The highest BCUT2D eigenvalue weighted by Crippen LogP contribution is 2.10. The molecule has 0 bridgehead atoms. The van der Waals surface area contributed by atoms with Crippen LogP contribution in [0.2, 0.25) is 5.02 Å². The molecule has 0 atom stereocenters. The van der Waals surface area contributed by atoms with E-state index in [0.717, 1.165) is 49.0 Å². The first-order valence-corrected chi connectivity index (χ1v) is 8.99. The van der Waals surface area contributed by atoms with E-state index in [1.54, 1.807) is 16.7 Å². The van der Waals surface area contributed by atoms with Gasteiger partial charge in [-0.05, 0) is 43.5 Å². The lowest BCUT2D eigenvalue weighted by Crippen LogP contribution is -2.37. The maximum Gasteiger partial charge on any atom is 0.250 e. The molecule has 0 unspecified atom stereocenters. The molecule has 0 saturated carbocycles.